The Balaban J connectivity index is 1.71. The minimum Gasteiger partial charge on any atom is -0.438 e. The maximum absolute atomic E-state index is 13.5. The minimum absolute atomic E-state index is 0.397. The Morgan fingerprint density at radius 1 is 1.02 bits per heavy atom. The predicted octanol–water partition coefficient (Wildman–Crippen LogP) is 3.22. The molecule has 16 heteroatoms. The van der Waals surface area contributed by atoms with Crippen LogP contribution in [0.15, 0.2) is 54.5 Å². The third-order valence-electron chi connectivity index (χ3n) is 6.60. The predicted molar refractivity (Wildman–Crippen MR) is 162 cm³/mol. The van der Waals surface area contributed by atoms with Crippen molar-refractivity contribution in [1.29, 1.82) is 0 Å². The van der Waals surface area contributed by atoms with Crippen molar-refractivity contribution in [2.24, 2.45) is 10.8 Å². The van der Waals surface area contributed by atoms with Gasteiger partial charge in [0.15, 0.2) is 6.23 Å². The summed E-state index contributed by atoms with van der Waals surface area (Å²) in [6.07, 6.45) is -1.46. The SMILES string of the molecule is CO[C@@H]1[C@H](O)[C@@H](/C=C/P(=O)(OCOC(=O)C(C)(C)C)OCOC(=O)C(C)(C)C)O[C@H]1N1C=CC(NC(=O)c2ccccc2)NC1=O. The number of ether oxygens (including phenoxy) is 4. The van der Waals surface area contributed by atoms with Gasteiger partial charge in [-0.25, -0.2) is 4.79 Å². The first-order valence-corrected chi connectivity index (χ1v) is 16.0. The first-order chi connectivity index (χ1) is 21.4. The van der Waals surface area contributed by atoms with Gasteiger partial charge in [0.05, 0.1) is 10.8 Å². The lowest BCUT2D eigenvalue weighted by atomic mass is 9.98. The number of carbonyl (C=O) groups excluding carboxylic acids is 4. The molecular weight excluding hydrogens is 625 g/mol. The van der Waals surface area contributed by atoms with Crippen molar-refractivity contribution in [1.82, 2.24) is 15.5 Å². The molecule has 3 rings (SSSR count). The number of rotatable bonds is 12. The molecule has 0 saturated carbocycles. The number of nitrogens with one attached hydrogen (secondary N) is 2. The van der Waals surface area contributed by atoms with E-state index in [1.165, 1.54) is 25.5 Å². The van der Waals surface area contributed by atoms with E-state index in [0.29, 0.717) is 5.56 Å². The van der Waals surface area contributed by atoms with E-state index in [2.05, 4.69) is 10.6 Å². The molecule has 1 aromatic carbocycles. The van der Waals surface area contributed by atoms with Crippen LogP contribution in [0.2, 0.25) is 0 Å². The molecule has 15 nitrogen and oxygen atoms in total. The number of aliphatic hydroxyl groups is 1. The number of nitrogens with zero attached hydrogens (tertiary/aromatic N) is 1. The number of carbonyl (C=O) groups is 4. The average molecular weight is 668 g/mol. The first-order valence-electron chi connectivity index (χ1n) is 14.4. The zero-order chi connectivity index (χ0) is 34.3. The van der Waals surface area contributed by atoms with Crippen molar-refractivity contribution in [2.75, 3.05) is 20.7 Å². The van der Waals surface area contributed by atoms with Gasteiger partial charge < -0.3 is 34.7 Å². The fraction of sp³-hybridized carbons (Fsp3) is 0.533. The molecule has 1 aromatic rings. The van der Waals surface area contributed by atoms with Crippen LogP contribution in [0.4, 0.5) is 4.79 Å². The number of hydrogen-bond acceptors (Lipinski definition) is 12. The number of methoxy groups -OCH3 is 1. The third kappa shape index (κ3) is 9.95. The van der Waals surface area contributed by atoms with Gasteiger partial charge in [-0.2, -0.15) is 0 Å². The lowest BCUT2D eigenvalue weighted by Gasteiger charge is -2.33. The molecule has 1 fully saturated rings. The Morgan fingerprint density at radius 3 is 2.09 bits per heavy atom. The van der Waals surface area contributed by atoms with Crippen molar-refractivity contribution in [3.63, 3.8) is 0 Å². The minimum atomic E-state index is -4.27. The number of amides is 3. The van der Waals surface area contributed by atoms with E-state index in [1.54, 1.807) is 71.9 Å². The molecule has 0 aromatic heterocycles. The van der Waals surface area contributed by atoms with E-state index in [0.717, 1.165) is 10.7 Å². The molecular formula is C30H42N3O12P. The highest BCUT2D eigenvalue weighted by molar-refractivity contribution is 7.57. The van der Waals surface area contributed by atoms with E-state index in [9.17, 15) is 28.8 Å². The van der Waals surface area contributed by atoms with Gasteiger partial charge in [-0.1, -0.05) is 18.2 Å². The number of urea groups is 1. The summed E-state index contributed by atoms with van der Waals surface area (Å²) >= 11 is 0. The number of hydrogen-bond donors (Lipinski definition) is 3. The van der Waals surface area contributed by atoms with E-state index >= 15 is 0 Å². The van der Waals surface area contributed by atoms with E-state index in [1.807, 2.05) is 0 Å². The second-order valence-electron chi connectivity index (χ2n) is 12.4. The van der Waals surface area contributed by atoms with Gasteiger partial charge in [-0.3, -0.25) is 32.9 Å². The zero-order valence-electron chi connectivity index (χ0n) is 26.8. The highest BCUT2D eigenvalue weighted by Gasteiger charge is 2.48. The molecule has 1 saturated heterocycles. The van der Waals surface area contributed by atoms with Crippen LogP contribution in [0.5, 0.6) is 0 Å². The van der Waals surface area contributed by atoms with Gasteiger partial charge in [-0.05, 0) is 65.8 Å². The van der Waals surface area contributed by atoms with Crippen LogP contribution in [0, 0.1) is 10.8 Å². The maximum atomic E-state index is 13.5. The molecule has 2 aliphatic rings. The molecule has 0 bridgehead atoms. The van der Waals surface area contributed by atoms with Crippen molar-refractivity contribution in [3.05, 3.63) is 60.1 Å². The third-order valence-corrected chi connectivity index (χ3v) is 8.07. The van der Waals surface area contributed by atoms with Crippen LogP contribution < -0.4 is 10.6 Å². The van der Waals surface area contributed by atoms with Gasteiger partial charge in [0.1, 0.15) is 24.5 Å². The number of esters is 2. The van der Waals surface area contributed by atoms with Crippen molar-refractivity contribution >= 4 is 31.5 Å². The Labute approximate surface area is 267 Å². The lowest BCUT2D eigenvalue weighted by Crippen LogP contribution is -2.57. The fourth-order valence-corrected chi connectivity index (χ4v) is 4.99. The summed E-state index contributed by atoms with van der Waals surface area (Å²) < 4.78 is 45.5. The molecule has 2 aliphatic heterocycles. The van der Waals surface area contributed by atoms with Gasteiger partial charge in [0.2, 0.25) is 13.6 Å². The van der Waals surface area contributed by atoms with Crippen LogP contribution in [0.3, 0.4) is 0 Å². The van der Waals surface area contributed by atoms with Crippen LogP contribution in [-0.2, 0) is 42.1 Å². The summed E-state index contributed by atoms with van der Waals surface area (Å²) in [5.41, 5.74) is -1.31. The topological polar surface area (TPSA) is 188 Å². The van der Waals surface area contributed by atoms with Gasteiger partial charge in [0, 0.05) is 24.7 Å². The van der Waals surface area contributed by atoms with Crippen molar-refractivity contribution in [3.8, 4) is 0 Å². The summed E-state index contributed by atoms with van der Waals surface area (Å²) in [7, 11) is -2.95. The average Bonchev–Trinajstić information content (AvgIpc) is 3.30. The molecule has 3 N–H and O–H groups in total. The number of aliphatic hydroxyl groups excluding tert-OH is 1. The monoisotopic (exact) mass is 667 g/mol. The normalized spacial score (nSPS) is 23.7. The molecule has 0 aliphatic carbocycles. The summed E-state index contributed by atoms with van der Waals surface area (Å²) in [6, 6.07) is 7.81. The van der Waals surface area contributed by atoms with Gasteiger partial charge >= 0.3 is 25.6 Å². The van der Waals surface area contributed by atoms with Crippen LogP contribution >= 0.6 is 7.60 Å². The standard InChI is InChI=1S/C30H42N3O12P/c1-29(2,3)26(36)41-17-43-46(39,44-18-42-27(37)30(4,5)6)16-14-20-22(34)23(40-7)25(45-20)33-15-13-21(32-28(33)38)31-24(35)19-11-9-8-10-12-19/h8-16,20-23,25,34H,17-18H2,1-7H3,(H,31,35)(H,32,38)/b16-14+/t20-,21?,22-,23-,25-/m1/s1. The summed E-state index contributed by atoms with van der Waals surface area (Å²) in [5.74, 6) is -0.686. The summed E-state index contributed by atoms with van der Waals surface area (Å²) in [5, 5.41) is 16.3. The zero-order valence-corrected chi connectivity index (χ0v) is 27.7. The lowest BCUT2D eigenvalue weighted by molar-refractivity contribution is -0.161. The highest BCUT2D eigenvalue weighted by Crippen LogP contribution is 2.50. The number of benzene rings is 1. The second kappa shape index (κ2) is 15.3. The molecule has 1 unspecified atom stereocenters. The van der Waals surface area contributed by atoms with E-state index in [-0.39, 0.29) is 0 Å². The molecule has 0 spiro atoms. The Morgan fingerprint density at radius 2 is 1.59 bits per heavy atom. The van der Waals surface area contributed by atoms with E-state index < -0.39 is 86.6 Å². The molecule has 3 amide bonds. The van der Waals surface area contributed by atoms with Gasteiger partial charge in [0.25, 0.3) is 5.91 Å². The molecule has 2 heterocycles. The molecule has 0 radical (unpaired) electrons. The van der Waals surface area contributed by atoms with Crippen LogP contribution in [0.1, 0.15) is 51.9 Å². The maximum Gasteiger partial charge on any atom is 0.359 e. The molecule has 5 atom stereocenters. The summed E-state index contributed by atoms with van der Waals surface area (Å²) in [4.78, 5) is 50.9. The highest BCUT2D eigenvalue weighted by atomic mass is 31.2. The fourth-order valence-electron chi connectivity index (χ4n) is 3.97. The Hall–Kier alpha value is -3.59. The Kier molecular flexibility index (Phi) is 12.3. The quantitative estimate of drug-likeness (QED) is 0.168. The molecule has 254 valence electrons. The van der Waals surface area contributed by atoms with E-state index in [4.69, 9.17) is 28.0 Å². The smallest absolute Gasteiger partial charge is 0.359 e. The second-order valence-corrected chi connectivity index (χ2v) is 14.3. The molecule has 46 heavy (non-hydrogen) atoms. The van der Waals surface area contributed by atoms with Crippen molar-refractivity contribution in [2.45, 2.75) is 72.2 Å². The van der Waals surface area contributed by atoms with Crippen molar-refractivity contribution < 1.29 is 56.8 Å². The Bertz CT molecular complexity index is 1320. The van der Waals surface area contributed by atoms with Gasteiger partial charge in [-0.15, -0.1) is 0 Å². The first kappa shape index (κ1) is 36.9. The van der Waals surface area contributed by atoms with Crippen LogP contribution in [-0.4, -0.2) is 85.3 Å². The largest absolute Gasteiger partial charge is 0.438 e. The van der Waals surface area contributed by atoms with Crippen LogP contribution in [0.25, 0.3) is 0 Å². The summed E-state index contributed by atoms with van der Waals surface area (Å²) in [6.45, 7) is 8.24.